The first kappa shape index (κ1) is 18.5. The van der Waals surface area contributed by atoms with Crippen LogP contribution in [0.1, 0.15) is 6.92 Å². The maximum absolute atomic E-state index is 10.9. The molecule has 3 N–H and O–H groups in total. The van der Waals surface area contributed by atoms with E-state index in [-0.39, 0.29) is 37.3 Å². The average Bonchev–Trinajstić information content (AvgIpc) is 2.38. The van der Waals surface area contributed by atoms with Crippen molar-refractivity contribution in [2.45, 2.75) is 13.2 Å². The lowest BCUT2D eigenvalue weighted by Crippen LogP contribution is -2.33. The number of hydrogen-bond donors (Lipinski definition) is 2. The summed E-state index contributed by atoms with van der Waals surface area (Å²) in [6, 6.07) is 13.9. The fourth-order valence-corrected chi connectivity index (χ4v) is 1.86. The Balaban J connectivity index is 0.00000180. The van der Waals surface area contributed by atoms with Gasteiger partial charge in [0.15, 0.2) is 6.23 Å². The molecule has 0 saturated carbocycles. The standard InChI is InChI=1S/C14H16N2O2.2ClH/c1-10(17)18-14(9-15)16-13-8-4-6-11-5-2-3-7-12(11)13;;/h2-8,14,16H,9,15H2,1H3;2*1H. The predicted molar refractivity (Wildman–Crippen MR) is 86.7 cm³/mol. The van der Waals surface area contributed by atoms with Crippen LogP contribution in [-0.4, -0.2) is 18.7 Å². The number of nitrogens with one attached hydrogen (secondary N) is 1. The van der Waals surface area contributed by atoms with E-state index in [1.165, 1.54) is 6.92 Å². The van der Waals surface area contributed by atoms with Crippen LogP contribution in [0.3, 0.4) is 0 Å². The molecule has 2 aromatic rings. The zero-order valence-electron chi connectivity index (χ0n) is 11.0. The van der Waals surface area contributed by atoms with Gasteiger partial charge in [0.2, 0.25) is 0 Å². The van der Waals surface area contributed by atoms with Crippen LogP contribution in [0.25, 0.3) is 10.8 Å². The van der Waals surface area contributed by atoms with Gasteiger partial charge in [-0.1, -0.05) is 36.4 Å². The second-order valence-corrected chi connectivity index (χ2v) is 4.00. The summed E-state index contributed by atoms with van der Waals surface area (Å²) in [4.78, 5) is 10.9. The molecule has 0 saturated heterocycles. The number of ether oxygens (including phenoxy) is 1. The van der Waals surface area contributed by atoms with Gasteiger partial charge in [-0.2, -0.15) is 0 Å². The smallest absolute Gasteiger partial charge is 0.304 e. The van der Waals surface area contributed by atoms with Gasteiger partial charge in [0.25, 0.3) is 0 Å². The molecule has 0 aliphatic heterocycles. The van der Waals surface area contributed by atoms with Crippen molar-refractivity contribution >= 4 is 47.2 Å². The van der Waals surface area contributed by atoms with E-state index < -0.39 is 6.23 Å². The number of carbonyl (C=O) groups excluding carboxylic acids is 1. The first-order valence-electron chi connectivity index (χ1n) is 5.82. The van der Waals surface area contributed by atoms with Crippen molar-refractivity contribution in [2.24, 2.45) is 5.73 Å². The van der Waals surface area contributed by atoms with Crippen molar-refractivity contribution in [3.63, 3.8) is 0 Å². The number of nitrogens with two attached hydrogens (primary N) is 1. The number of anilines is 1. The monoisotopic (exact) mass is 316 g/mol. The van der Waals surface area contributed by atoms with Gasteiger partial charge in [-0.15, -0.1) is 24.8 Å². The Kier molecular flexibility index (Phi) is 7.99. The van der Waals surface area contributed by atoms with Crippen LogP contribution in [-0.2, 0) is 9.53 Å². The molecule has 4 nitrogen and oxygen atoms in total. The Morgan fingerprint density at radius 2 is 1.85 bits per heavy atom. The number of halogens is 2. The Labute approximate surface area is 130 Å². The summed E-state index contributed by atoms with van der Waals surface area (Å²) < 4.78 is 5.08. The minimum atomic E-state index is -0.506. The number of esters is 1. The van der Waals surface area contributed by atoms with Gasteiger partial charge in [0, 0.05) is 24.5 Å². The highest BCUT2D eigenvalue weighted by Crippen LogP contribution is 2.23. The van der Waals surface area contributed by atoms with Gasteiger partial charge in [0.1, 0.15) is 0 Å². The summed E-state index contributed by atoms with van der Waals surface area (Å²) in [5.41, 5.74) is 6.48. The van der Waals surface area contributed by atoms with E-state index in [2.05, 4.69) is 5.32 Å². The van der Waals surface area contributed by atoms with Gasteiger partial charge >= 0.3 is 5.97 Å². The highest BCUT2D eigenvalue weighted by atomic mass is 35.5. The minimum absolute atomic E-state index is 0. The van der Waals surface area contributed by atoms with E-state index in [4.69, 9.17) is 10.5 Å². The molecule has 2 rings (SSSR count). The Morgan fingerprint density at radius 3 is 2.50 bits per heavy atom. The zero-order valence-corrected chi connectivity index (χ0v) is 12.7. The van der Waals surface area contributed by atoms with Crippen LogP contribution < -0.4 is 11.1 Å². The molecular weight excluding hydrogens is 299 g/mol. The van der Waals surface area contributed by atoms with Gasteiger partial charge in [0.05, 0.1) is 0 Å². The molecule has 0 aliphatic rings. The zero-order chi connectivity index (χ0) is 13.0. The molecule has 1 unspecified atom stereocenters. The third kappa shape index (κ3) is 4.56. The minimum Gasteiger partial charge on any atom is -0.441 e. The molecular formula is C14H18Cl2N2O2. The fourth-order valence-electron chi connectivity index (χ4n) is 1.86. The van der Waals surface area contributed by atoms with Gasteiger partial charge < -0.3 is 15.8 Å². The van der Waals surface area contributed by atoms with Crippen LogP contribution in [0.5, 0.6) is 0 Å². The van der Waals surface area contributed by atoms with Gasteiger partial charge in [-0.3, -0.25) is 4.79 Å². The van der Waals surface area contributed by atoms with Crippen LogP contribution in [0.2, 0.25) is 0 Å². The fraction of sp³-hybridized carbons (Fsp3) is 0.214. The molecule has 0 amide bonds. The third-order valence-corrected chi connectivity index (χ3v) is 2.63. The van der Waals surface area contributed by atoms with Crippen LogP contribution in [0, 0.1) is 0 Å². The van der Waals surface area contributed by atoms with Crippen molar-refractivity contribution in [3.05, 3.63) is 42.5 Å². The predicted octanol–water partition coefficient (Wildman–Crippen LogP) is 2.94. The summed E-state index contributed by atoms with van der Waals surface area (Å²) in [6.45, 7) is 1.59. The van der Waals surface area contributed by atoms with E-state index >= 15 is 0 Å². The first-order valence-corrected chi connectivity index (χ1v) is 5.82. The molecule has 1 atom stereocenters. The molecule has 0 bridgehead atoms. The van der Waals surface area contributed by atoms with Gasteiger partial charge in [-0.25, -0.2) is 0 Å². The lowest BCUT2D eigenvalue weighted by atomic mass is 10.1. The largest absolute Gasteiger partial charge is 0.441 e. The van der Waals surface area contributed by atoms with E-state index in [9.17, 15) is 4.79 Å². The molecule has 110 valence electrons. The highest BCUT2D eigenvalue weighted by Gasteiger charge is 2.10. The third-order valence-electron chi connectivity index (χ3n) is 2.63. The highest BCUT2D eigenvalue weighted by molar-refractivity contribution is 5.93. The van der Waals surface area contributed by atoms with Crippen molar-refractivity contribution in [1.29, 1.82) is 0 Å². The Hall–Kier alpha value is -1.49. The van der Waals surface area contributed by atoms with Crippen molar-refractivity contribution in [2.75, 3.05) is 11.9 Å². The maximum Gasteiger partial charge on any atom is 0.304 e. The summed E-state index contributed by atoms with van der Waals surface area (Å²) in [5.74, 6) is -0.349. The van der Waals surface area contributed by atoms with Crippen molar-refractivity contribution < 1.29 is 9.53 Å². The van der Waals surface area contributed by atoms with Crippen molar-refractivity contribution in [1.82, 2.24) is 0 Å². The second kappa shape index (κ2) is 8.64. The number of fused-ring (bicyclic) bond motifs is 1. The number of benzene rings is 2. The first-order chi connectivity index (χ1) is 8.70. The van der Waals surface area contributed by atoms with Crippen molar-refractivity contribution in [3.8, 4) is 0 Å². The number of hydrogen-bond acceptors (Lipinski definition) is 4. The quantitative estimate of drug-likeness (QED) is 0.672. The molecule has 0 aromatic heterocycles. The van der Waals surface area contributed by atoms with Crippen LogP contribution in [0.15, 0.2) is 42.5 Å². The second-order valence-electron chi connectivity index (χ2n) is 4.00. The molecule has 0 heterocycles. The summed E-state index contributed by atoms with van der Waals surface area (Å²) >= 11 is 0. The number of carbonyl (C=O) groups is 1. The van der Waals surface area contributed by atoms with Crippen LogP contribution >= 0.6 is 24.8 Å². The van der Waals surface area contributed by atoms with E-state index in [1.807, 2.05) is 42.5 Å². The molecule has 6 heteroatoms. The SMILES string of the molecule is CC(=O)OC(CN)Nc1cccc2ccccc12.Cl.Cl. The molecule has 0 fully saturated rings. The summed E-state index contributed by atoms with van der Waals surface area (Å²) in [5, 5.41) is 5.34. The van der Waals surface area contributed by atoms with E-state index in [0.29, 0.717) is 0 Å². The van der Waals surface area contributed by atoms with Gasteiger partial charge in [-0.05, 0) is 11.5 Å². The number of rotatable bonds is 4. The lowest BCUT2D eigenvalue weighted by Gasteiger charge is -2.19. The van der Waals surface area contributed by atoms with E-state index in [1.54, 1.807) is 0 Å². The molecule has 0 radical (unpaired) electrons. The Morgan fingerprint density at radius 1 is 1.20 bits per heavy atom. The van der Waals surface area contributed by atoms with E-state index in [0.717, 1.165) is 16.5 Å². The molecule has 20 heavy (non-hydrogen) atoms. The molecule has 0 aliphatic carbocycles. The Bertz CT molecular complexity index is 558. The molecule has 0 spiro atoms. The van der Waals surface area contributed by atoms with Crippen LogP contribution in [0.4, 0.5) is 5.69 Å². The topological polar surface area (TPSA) is 64.3 Å². The average molecular weight is 317 g/mol. The molecule has 2 aromatic carbocycles. The summed E-state index contributed by atoms with van der Waals surface area (Å²) in [7, 11) is 0. The lowest BCUT2D eigenvalue weighted by molar-refractivity contribution is -0.144. The maximum atomic E-state index is 10.9. The normalized spacial score (nSPS) is 10.9. The summed E-state index contributed by atoms with van der Waals surface area (Å²) in [6.07, 6.45) is -0.506.